The molecule has 1 aliphatic rings. The maximum absolute atomic E-state index is 12.7. The Morgan fingerprint density at radius 3 is 2.79 bits per heavy atom. The van der Waals surface area contributed by atoms with Crippen molar-refractivity contribution in [2.45, 2.75) is 39.5 Å². The summed E-state index contributed by atoms with van der Waals surface area (Å²) in [5.74, 6) is -0.150. The van der Waals surface area contributed by atoms with Gasteiger partial charge in [0.25, 0.3) is 5.91 Å². The number of carbonyl (C=O) groups is 2. The number of amides is 1. The Morgan fingerprint density at radius 2 is 2.07 bits per heavy atom. The average molecular weight is 397 g/mol. The number of aryl methyl sites for hydroxylation is 2. The summed E-state index contributed by atoms with van der Waals surface area (Å²) in [5, 5.41) is 8.88. The van der Waals surface area contributed by atoms with Gasteiger partial charge in [0.1, 0.15) is 4.88 Å². The highest BCUT2D eigenvalue weighted by atomic mass is 32.1. The molecule has 0 fully saturated rings. The van der Waals surface area contributed by atoms with Gasteiger partial charge in [-0.05, 0) is 55.9 Å². The molecular weight excluding hydrogens is 372 g/mol. The second kappa shape index (κ2) is 9.03. The molecule has 1 aromatic heterocycles. The van der Waals surface area contributed by atoms with Crippen LogP contribution in [0.4, 0.5) is 5.69 Å². The fraction of sp³-hybridized carbons (Fsp3) is 0.409. The highest BCUT2D eigenvalue weighted by molar-refractivity contribution is 7.14. The van der Waals surface area contributed by atoms with Gasteiger partial charge in [-0.2, -0.15) is 5.26 Å². The van der Waals surface area contributed by atoms with E-state index in [1.54, 1.807) is 0 Å². The van der Waals surface area contributed by atoms with E-state index in [9.17, 15) is 9.59 Å². The third kappa shape index (κ3) is 4.79. The zero-order valence-corrected chi connectivity index (χ0v) is 17.1. The number of carbonyl (C=O) groups excluding carboxylic acids is 2. The molecule has 0 unspecified atom stereocenters. The van der Waals surface area contributed by atoms with Crippen LogP contribution >= 0.6 is 11.3 Å². The Kier molecular flexibility index (Phi) is 6.48. The number of ether oxygens (including phenoxy) is 1. The van der Waals surface area contributed by atoms with E-state index in [1.807, 2.05) is 37.3 Å². The normalized spacial score (nSPS) is 15.4. The predicted octanol–water partition coefficient (Wildman–Crippen LogP) is 4.29. The van der Waals surface area contributed by atoms with Crippen molar-refractivity contribution >= 4 is 28.9 Å². The van der Waals surface area contributed by atoms with Crippen molar-refractivity contribution in [2.75, 3.05) is 18.1 Å². The monoisotopic (exact) mass is 396 g/mol. The summed E-state index contributed by atoms with van der Waals surface area (Å²) < 4.78 is 5.30. The van der Waals surface area contributed by atoms with Crippen molar-refractivity contribution in [1.29, 1.82) is 5.26 Å². The van der Waals surface area contributed by atoms with Crippen LogP contribution in [0.25, 0.3) is 0 Å². The molecule has 0 saturated carbocycles. The summed E-state index contributed by atoms with van der Waals surface area (Å²) in [4.78, 5) is 28.4. The van der Waals surface area contributed by atoms with Gasteiger partial charge in [0.15, 0.2) is 6.61 Å². The van der Waals surface area contributed by atoms with E-state index < -0.39 is 5.97 Å². The molecule has 0 spiro atoms. The molecule has 3 rings (SSSR count). The summed E-state index contributed by atoms with van der Waals surface area (Å²) in [6, 6.07) is 11.5. The maximum Gasteiger partial charge on any atom is 0.348 e. The van der Waals surface area contributed by atoms with E-state index >= 15 is 0 Å². The Bertz CT molecular complexity index is 895. The number of hydrogen-bond donors (Lipinski definition) is 0. The molecule has 0 saturated heterocycles. The number of rotatable bonds is 6. The lowest BCUT2D eigenvalue weighted by Crippen LogP contribution is -2.35. The summed E-state index contributed by atoms with van der Waals surface area (Å²) in [6.07, 6.45) is 3.35. The van der Waals surface area contributed by atoms with Gasteiger partial charge in [0.05, 0.1) is 12.5 Å². The minimum atomic E-state index is -0.454. The zero-order chi connectivity index (χ0) is 20.1. The van der Waals surface area contributed by atoms with Crippen molar-refractivity contribution in [3.63, 3.8) is 0 Å². The SMILES string of the molecule is Cc1ccc(N(CCC#N)C(=O)COC(=O)c2cc3c(s2)CC[C@@H](C)C3)cc1. The van der Waals surface area contributed by atoms with Crippen LogP contribution in [-0.4, -0.2) is 25.0 Å². The fourth-order valence-corrected chi connectivity index (χ4v) is 4.47. The number of esters is 1. The van der Waals surface area contributed by atoms with E-state index in [-0.39, 0.29) is 25.5 Å². The van der Waals surface area contributed by atoms with Crippen LogP contribution in [0.5, 0.6) is 0 Å². The van der Waals surface area contributed by atoms with E-state index in [1.165, 1.54) is 26.7 Å². The summed E-state index contributed by atoms with van der Waals surface area (Å²) in [7, 11) is 0. The molecule has 1 atom stereocenters. The molecule has 0 aliphatic heterocycles. The molecule has 1 aromatic carbocycles. The molecule has 0 bridgehead atoms. The highest BCUT2D eigenvalue weighted by Gasteiger charge is 2.23. The molecule has 28 heavy (non-hydrogen) atoms. The number of fused-ring (bicyclic) bond motifs is 1. The van der Waals surface area contributed by atoms with Crippen LogP contribution in [0.2, 0.25) is 0 Å². The van der Waals surface area contributed by atoms with E-state index in [0.717, 1.165) is 24.8 Å². The van der Waals surface area contributed by atoms with Gasteiger partial charge in [-0.15, -0.1) is 11.3 Å². The van der Waals surface area contributed by atoms with Crippen LogP contribution < -0.4 is 4.90 Å². The van der Waals surface area contributed by atoms with Gasteiger partial charge in [0, 0.05) is 17.1 Å². The molecule has 2 aromatic rings. The van der Waals surface area contributed by atoms with Crippen LogP contribution in [0.15, 0.2) is 30.3 Å². The third-order valence-electron chi connectivity index (χ3n) is 4.95. The van der Waals surface area contributed by atoms with E-state index in [0.29, 0.717) is 16.5 Å². The molecule has 0 N–H and O–H groups in total. The molecule has 5 nitrogen and oxygen atoms in total. The molecule has 146 valence electrons. The van der Waals surface area contributed by atoms with Crippen LogP contribution in [0.3, 0.4) is 0 Å². The standard InChI is InChI=1S/C22H24N2O3S/c1-15-4-7-18(8-5-15)24(11-3-10-23)21(25)14-27-22(26)20-13-17-12-16(2)6-9-19(17)28-20/h4-5,7-8,13,16H,3,6,9,11-12,14H2,1-2H3/t16-/m1/s1. The summed E-state index contributed by atoms with van der Waals surface area (Å²) in [5.41, 5.74) is 3.01. The first-order valence-electron chi connectivity index (χ1n) is 9.50. The Hall–Kier alpha value is -2.65. The minimum absolute atomic E-state index is 0.212. The summed E-state index contributed by atoms with van der Waals surface area (Å²) >= 11 is 1.47. The van der Waals surface area contributed by atoms with Crippen molar-refractivity contribution < 1.29 is 14.3 Å². The average Bonchev–Trinajstić information content (AvgIpc) is 3.11. The molecule has 6 heteroatoms. The number of nitrogens with zero attached hydrogens (tertiary/aromatic N) is 2. The van der Waals surface area contributed by atoms with Gasteiger partial charge in [-0.3, -0.25) is 4.79 Å². The van der Waals surface area contributed by atoms with Gasteiger partial charge >= 0.3 is 5.97 Å². The lowest BCUT2D eigenvalue weighted by Gasteiger charge is -2.21. The lowest BCUT2D eigenvalue weighted by atomic mass is 9.90. The first-order valence-corrected chi connectivity index (χ1v) is 10.3. The number of nitriles is 1. The van der Waals surface area contributed by atoms with Crippen LogP contribution in [0, 0.1) is 24.2 Å². The second-order valence-electron chi connectivity index (χ2n) is 7.27. The van der Waals surface area contributed by atoms with Crippen LogP contribution in [-0.2, 0) is 22.4 Å². The van der Waals surface area contributed by atoms with Gasteiger partial charge in [-0.25, -0.2) is 4.79 Å². The minimum Gasteiger partial charge on any atom is -0.451 e. The number of benzene rings is 1. The quantitative estimate of drug-likeness (QED) is 0.683. The van der Waals surface area contributed by atoms with Gasteiger partial charge < -0.3 is 9.64 Å². The Balaban J connectivity index is 1.64. The highest BCUT2D eigenvalue weighted by Crippen LogP contribution is 2.32. The van der Waals surface area contributed by atoms with Gasteiger partial charge in [0.2, 0.25) is 0 Å². The largest absolute Gasteiger partial charge is 0.451 e. The topological polar surface area (TPSA) is 70.4 Å². The molecular formula is C22H24N2O3S. The van der Waals surface area contributed by atoms with Crippen molar-refractivity contribution in [3.8, 4) is 6.07 Å². The molecule has 1 aliphatic carbocycles. The Labute approximate surface area is 169 Å². The maximum atomic E-state index is 12.7. The van der Waals surface area contributed by atoms with Crippen LogP contribution in [0.1, 0.15) is 45.4 Å². The number of anilines is 1. The van der Waals surface area contributed by atoms with Crippen molar-refractivity contribution in [2.24, 2.45) is 5.92 Å². The number of hydrogen-bond acceptors (Lipinski definition) is 5. The number of thiophene rings is 1. The van der Waals surface area contributed by atoms with E-state index in [4.69, 9.17) is 10.00 Å². The zero-order valence-electron chi connectivity index (χ0n) is 16.2. The van der Waals surface area contributed by atoms with E-state index in [2.05, 4.69) is 13.0 Å². The smallest absolute Gasteiger partial charge is 0.348 e. The third-order valence-corrected chi connectivity index (χ3v) is 6.17. The molecule has 1 heterocycles. The molecule has 1 amide bonds. The van der Waals surface area contributed by atoms with Crippen molar-refractivity contribution in [3.05, 3.63) is 51.2 Å². The fourth-order valence-electron chi connectivity index (χ4n) is 3.37. The first-order chi connectivity index (χ1) is 13.5. The van der Waals surface area contributed by atoms with Gasteiger partial charge in [-0.1, -0.05) is 24.6 Å². The molecule has 0 radical (unpaired) electrons. The predicted molar refractivity (Wildman–Crippen MR) is 110 cm³/mol. The van der Waals surface area contributed by atoms with Crippen molar-refractivity contribution in [1.82, 2.24) is 0 Å². The summed E-state index contributed by atoms with van der Waals surface area (Å²) in [6.45, 7) is 4.12. The lowest BCUT2D eigenvalue weighted by molar-refractivity contribution is -0.121. The Morgan fingerprint density at radius 1 is 1.32 bits per heavy atom. The first kappa shape index (κ1) is 20.1. The second-order valence-corrected chi connectivity index (χ2v) is 8.41.